The van der Waals surface area contributed by atoms with E-state index in [1.807, 2.05) is 25.7 Å². The molecule has 2 amide bonds. The smallest absolute Gasteiger partial charge is 0.233 e. The first kappa shape index (κ1) is 20.3. The van der Waals surface area contributed by atoms with Gasteiger partial charge in [-0.05, 0) is 23.2 Å². The minimum absolute atomic E-state index is 0.0812. The molecule has 0 aromatic carbocycles. The second kappa shape index (κ2) is 7.33. The van der Waals surface area contributed by atoms with Crippen LogP contribution in [0.2, 0.25) is 0 Å². The summed E-state index contributed by atoms with van der Waals surface area (Å²) in [6.45, 7) is 15.1. The third-order valence-electron chi connectivity index (χ3n) is 6.23. The number of rotatable bonds is 6. The van der Waals surface area contributed by atoms with Crippen molar-refractivity contribution in [2.45, 2.75) is 60.7 Å². The molecular formula is C19H35N3O3. The standard InChI is InChI=1S/C19H35N3O3/c1-13(2)19(6)7-9-21(12-19)17(25)20-8-10-22-15(23)11-14(16(22)24)18(3,4)5/h13-14,17,20,25H,7-12H2,1-6H3. The fourth-order valence-corrected chi connectivity index (χ4v) is 3.73. The molecule has 3 atom stereocenters. The Hall–Kier alpha value is -0.980. The van der Waals surface area contributed by atoms with Crippen LogP contribution in [0.1, 0.15) is 54.4 Å². The van der Waals surface area contributed by atoms with Gasteiger partial charge in [-0.15, -0.1) is 0 Å². The summed E-state index contributed by atoms with van der Waals surface area (Å²) in [5.41, 5.74) is 0.0226. The molecule has 2 heterocycles. The Morgan fingerprint density at radius 3 is 2.44 bits per heavy atom. The maximum atomic E-state index is 12.5. The van der Waals surface area contributed by atoms with Crippen LogP contribution in [-0.2, 0) is 9.59 Å². The minimum Gasteiger partial charge on any atom is -0.365 e. The number of nitrogens with one attached hydrogen (secondary N) is 1. The second-order valence-corrected chi connectivity index (χ2v) is 9.36. The molecule has 2 N–H and O–H groups in total. The fraction of sp³-hybridized carbons (Fsp3) is 0.895. The molecule has 0 bridgehead atoms. The van der Waals surface area contributed by atoms with Gasteiger partial charge in [0, 0.05) is 32.6 Å². The first-order valence-electron chi connectivity index (χ1n) is 9.45. The summed E-state index contributed by atoms with van der Waals surface area (Å²) in [6, 6.07) is 0. The molecule has 2 aliphatic heterocycles. The van der Waals surface area contributed by atoms with Crippen LogP contribution in [0.5, 0.6) is 0 Å². The lowest BCUT2D eigenvalue weighted by Gasteiger charge is -2.31. The van der Waals surface area contributed by atoms with Gasteiger partial charge in [0.25, 0.3) is 0 Å². The summed E-state index contributed by atoms with van der Waals surface area (Å²) >= 11 is 0. The summed E-state index contributed by atoms with van der Waals surface area (Å²) in [6.07, 6.45) is 0.635. The van der Waals surface area contributed by atoms with Crippen molar-refractivity contribution in [2.75, 3.05) is 26.2 Å². The molecular weight excluding hydrogens is 318 g/mol. The van der Waals surface area contributed by atoms with E-state index in [1.165, 1.54) is 4.90 Å². The van der Waals surface area contributed by atoms with Gasteiger partial charge in [0.2, 0.25) is 11.8 Å². The van der Waals surface area contributed by atoms with E-state index in [9.17, 15) is 14.7 Å². The Morgan fingerprint density at radius 1 is 1.32 bits per heavy atom. The van der Waals surface area contributed by atoms with E-state index in [0.717, 1.165) is 19.5 Å². The zero-order chi connectivity index (χ0) is 19.0. The maximum Gasteiger partial charge on any atom is 0.233 e. The number of aliphatic hydroxyl groups excluding tert-OH is 1. The number of nitrogens with zero attached hydrogens (tertiary/aromatic N) is 2. The zero-order valence-electron chi connectivity index (χ0n) is 16.6. The molecule has 2 saturated heterocycles. The highest BCUT2D eigenvalue weighted by atomic mass is 16.3. The Balaban J connectivity index is 1.81. The lowest BCUT2D eigenvalue weighted by atomic mass is 9.79. The van der Waals surface area contributed by atoms with Gasteiger partial charge in [0.15, 0.2) is 6.35 Å². The molecule has 0 saturated carbocycles. The monoisotopic (exact) mass is 353 g/mol. The average Bonchev–Trinajstić information content (AvgIpc) is 3.02. The van der Waals surface area contributed by atoms with Crippen molar-refractivity contribution in [3.8, 4) is 0 Å². The third kappa shape index (κ3) is 4.41. The van der Waals surface area contributed by atoms with Gasteiger partial charge >= 0.3 is 0 Å². The molecule has 2 rings (SSSR count). The summed E-state index contributed by atoms with van der Waals surface area (Å²) in [4.78, 5) is 28.0. The fourth-order valence-electron chi connectivity index (χ4n) is 3.73. The summed E-state index contributed by atoms with van der Waals surface area (Å²) < 4.78 is 0. The van der Waals surface area contributed by atoms with Crippen LogP contribution in [-0.4, -0.2) is 59.3 Å². The van der Waals surface area contributed by atoms with Gasteiger partial charge in [-0.1, -0.05) is 41.5 Å². The zero-order valence-corrected chi connectivity index (χ0v) is 16.6. The van der Waals surface area contributed by atoms with E-state index in [-0.39, 0.29) is 28.6 Å². The minimum atomic E-state index is -0.730. The molecule has 2 aliphatic rings. The number of aliphatic hydroxyl groups is 1. The molecule has 0 aromatic rings. The highest BCUT2D eigenvalue weighted by Crippen LogP contribution is 2.37. The number of imide groups is 1. The molecule has 6 heteroatoms. The van der Waals surface area contributed by atoms with E-state index in [0.29, 0.717) is 25.4 Å². The molecule has 0 radical (unpaired) electrons. The van der Waals surface area contributed by atoms with E-state index < -0.39 is 6.35 Å². The molecule has 0 aliphatic carbocycles. The molecule has 2 fully saturated rings. The highest BCUT2D eigenvalue weighted by molar-refractivity contribution is 6.03. The van der Waals surface area contributed by atoms with E-state index in [2.05, 4.69) is 26.1 Å². The first-order chi connectivity index (χ1) is 11.5. The van der Waals surface area contributed by atoms with Crippen LogP contribution in [0, 0.1) is 22.7 Å². The van der Waals surface area contributed by atoms with Crippen molar-refractivity contribution < 1.29 is 14.7 Å². The molecule has 6 nitrogen and oxygen atoms in total. The predicted molar refractivity (Wildman–Crippen MR) is 97.4 cm³/mol. The Kier molecular flexibility index (Phi) is 5.96. The van der Waals surface area contributed by atoms with Crippen molar-refractivity contribution in [2.24, 2.45) is 22.7 Å². The van der Waals surface area contributed by atoms with E-state index >= 15 is 0 Å². The van der Waals surface area contributed by atoms with Gasteiger partial charge in [-0.25, -0.2) is 0 Å². The SMILES string of the molecule is CC(C)C1(C)CCN(C(O)NCCN2C(=O)CC(C(C)(C)C)C2=O)C1. The number of carbonyl (C=O) groups excluding carboxylic acids is 2. The van der Waals surface area contributed by atoms with Crippen LogP contribution >= 0.6 is 0 Å². The molecule has 3 unspecified atom stereocenters. The quantitative estimate of drug-likeness (QED) is 0.561. The van der Waals surface area contributed by atoms with Crippen LogP contribution in [0.4, 0.5) is 0 Å². The highest BCUT2D eigenvalue weighted by Gasteiger charge is 2.44. The van der Waals surface area contributed by atoms with Gasteiger partial charge in [0.1, 0.15) is 0 Å². The number of likely N-dealkylation sites (tertiary alicyclic amines) is 2. The van der Waals surface area contributed by atoms with E-state index in [4.69, 9.17) is 0 Å². The number of amides is 2. The van der Waals surface area contributed by atoms with Gasteiger partial charge in [-0.2, -0.15) is 0 Å². The van der Waals surface area contributed by atoms with Crippen molar-refractivity contribution in [1.29, 1.82) is 0 Å². The number of hydrogen-bond donors (Lipinski definition) is 2. The second-order valence-electron chi connectivity index (χ2n) is 9.36. The van der Waals surface area contributed by atoms with Crippen LogP contribution in [0.15, 0.2) is 0 Å². The van der Waals surface area contributed by atoms with Gasteiger partial charge in [-0.3, -0.25) is 24.7 Å². The predicted octanol–water partition coefficient (Wildman–Crippen LogP) is 1.64. The lowest BCUT2D eigenvalue weighted by Crippen LogP contribution is -2.48. The van der Waals surface area contributed by atoms with Crippen molar-refractivity contribution in [3.05, 3.63) is 0 Å². The van der Waals surface area contributed by atoms with Crippen LogP contribution in [0.3, 0.4) is 0 Å². The molecule has 0 aromatic heterocycles. The summed E-state index contributed by atoms with van der Waals surface area (Å²) in [7, 11) is 0. The molecule has 144 valence electrons. The summed E-state index contributed by atoms with van der Waals surface area (Å²) in [5, 5.41) is 13.4. The first-order valence-corrected chi connectivity index (χ1v) is 9.45. The topological polar surface area (TPSA) is 72.9 Å². The number of carbonyl (C=O) groups is 2. The van der Waals surface area contributed by atoms with Crippen LogP contribution < -0.4 is 5.32 Å². The Labute approximate surface area is 151 Å². The largest absolute Gasteiger partial charge is 0.365 e. The Morgan fingerprint density at radius 2 is 1.96 bits per heavy atom. The average molecular weight is 354 g/mol. The van der Waals surface area contributed by atoms with Crippen molar-refractivity contribution in [3.63, 3.8) is 0 Å². The Bertz CT molecular complexity index is 515. The van der Waals surface area contributed by atoms with Crippen molar-refractivity contribution in [1.82, 2.24) is 15.1 Å². The normalized spacial score (nSPS) is 29.9. The van der Waals surface area contributed by atoms with Crippen LogP contribution in [0.25, 0.3) is 0 Å². The molecule has 0 spiro atoms. The van der Waals surface area contributed by atoms with Gasteiger partial charge in [0.05, 0.1) is 5.92 Å². The number of hydrogen-bond acceptors (Lipinski definition) is 5. The van der Waals surface area contributed by atoms with E-state index in [1.54, 1.807) is 0 Å². The lowest BCUT2D eigenvalue weighted by molar-refractivity contribution is -0.140. The van der Waals surface area contributed by atoms with Crippen molar-refractivity contribution >= 4 is 11.8 Å². The third-order valence-corrected chi connectivity index (χ3v) is 6.23. The maximum absolute atomic E-state index is 12.5. The van der Waals surface area contributed by atoms with Gasteiger partial charge < -0.3 is 5.11 Å². The summed E-state index contributed by atoms with van der Waals surface area (Å²) in [5.74, 6) is 0.145. The molecule has 25 heavy (non-hydrogen) atoms.